The van der Waals surface area contributed by atoms with Gasteiger partial charge in [-0.05, 0) is 35.4 Å². The van der Waals surface area contributed by atoms with Crippen LogP contribution in [-0.4, -0.2) is 24.8 Å². The van der Waals surface area contributed by atoms with Gasteiger partial charge in [0.2, 0.25) is 5.43 Å². The molecule has 0 bridgehead atoms. The molecule has 174 valence electrons. The summed E-state index contributed by atoms with van der Waals surface area (Å²) in [5, 5.41) is 10.8. The van der Waals surface area contributed by atoms with Crippen LogP contribution < -0.4 is 19.6 Å². The first kappa shape index (κ1) is 21.0. The number of rotatable bonds is 3. The van der Waals surface area contributed by atoms with E-state index in [4.69, 9.17) is 18.6 Å². The summed E-state index contributed by atoms with van der Waals surface area (Å²) in [5.41, 5.74) is 3.04. The van der Waals surface area contributed by atoms with Crippen molar-refractivity contribution >= 4 is 23.0 Å². The maximum absolute atomic E-state index is 13.5. The number of ether oxygens (including phenoxy) is 3. The third-order valence-corrected chi connectivity index (χ3v) is 6.47. The number of hydrogen-bond donors (Lipinski definition) is 1. The second-order valence-electron chi connectivity index (χ2n) is 8.50. The minimum absolute atomic E-state index is 0.0396. The molecule has 1 aromatic heterocycles. The molecule has 7 nitrogen and oxygen atoms in total. The molecule has 35 heavy (non-hydrogen) atoms. The van der Waals surface area contributed by atoms with Gasteiger partial charge in [-0.25, -0.2) is 0 Å². The number of carbonyl (C=O) groups excluding carboxylic acids is 1. The van der Waals surface area contributed by atoms with Gasteiger partial charge in [0, 0.05) is 23.1 Å². The van der Waals surface area contributed by atoms with Crippen LogP contribution >= 0.6 is 0 Å². The van der Waals surface area contributed by atoms with E-state index >= 15 is 0 Å². The van der Waals surface area contributed by atoms with Gasteiger partial charge in [-0.2, -0.15) is 0 Å². The number of hydrogen-bond acceptors (Lipinski definition) is 7. The summed E-state index contributed by atoms with van der Waals surface area (Å²) < 4.78 is 22.5. The van der Waals surface area contributed by atoms with Gasteiger partial charge >= 0.3 is 5.97 Å². The van der Waals surface area contributed by atoms with E-state index in [1.165, 1.54) is 12.3 Å². The lowest BCUT2D eigenvalue weighted by molar-refractivity contribution is -0.135. The average molecular weight is 468 g/mol. The number of esters is 1. The lowest BCUT2D eigenvalue weighted by Gasteiger charge is -2.29. The van der Waals surface area contributed by atoms with Crippen molar-refractivity contribution < 1.29 is 28.5 Å². The zero-order valence-electron chi connectivity index (χ0n) is 18.7. The highest BCUT2D eigenvalue weighted by atomic mass is 16.5. The van der Waals surface area contributed by atoms with E-state index in [0.29, 0.717) is 22.4 Å². The van der Waals surface area contributed by atoms with Gasteiger partial charge in [0.1, 0.15) is 46.8 Å². The topological polar surface area (TPSA) is 95.2 Å². The Morgan fingerprint density at radius 2 is 1.83 bits per heavy atom. The third kappa shape index (κ3) is 3.44. The van der Waals surface area contributed by atoms with E-state index in [1.807, 2.05) is 30.3 Å². The molecule has 6 rings (SSSR count). The third-order valence-electron chi connectivity index (χ3n) is 6.47. The van der Waals surface area contributed by atoms with Gasteiger partial charge < -0.3 is 23.7 Å². The van der Waals surface area contributed by atoms with Crippen molar-refractivity contribution in [3.05, 3.63) is 87.8 Å². The molecule has 0 radical (unpaired) electrons. The number of methoxy groups -OCH3 is 1. The fourth-order valence-electron chi connectivity index (χ4n) is 4.75. The van der Waals surface area contributed by atoms with Crippen LogP contribution in [0.1, 0.15) is 23.5 Å². The molecule has 2 aliphatic rings. The van der Waals surface area contributed by atoms with Crippen LogP contribution in [0.25, 0.3) is 28.2 Å². The Balaban J connectivity index is 1.54. The largest absolute Gasteiger partial charge is 0.507 e. The smallest absolute Gasteiger partial charge is 0.312 e. The highest BCUT2D eigenvalue weighted by molar-refractivity contribution is 5.94. The zero-order chi connectivity index (χ0) is 24.1. The van der Waals surface area contributed by atoms with E-state index in [0.717, 1.165) is 16.9 Å². The summed E-state index contributed by atoms with van der Waals surface area (Å²) in [6.45, 7) is 0.283. The number of carbonyl (C=O) groups is 1. The van der Waals surface area contributed by atoms with Crippen LogP contribution in [0, 0.1) is 0 Å². The van der Waals surface area contributed by atoms with Crippen molar-refractivity contribution in [1.82, 2.24) is 0 Å². The van der Waals surface area contributed by atoms with Gasteiger partial charge in [-0.15, -0.1) is 0 Å². The number of phenols is 1. The lowest BCUT2D eigenvalue weighted by Crippen LogP contribution is -2.25. The molecule has 0 spiro atoms. The monoisotopic (exact) mass is 468 g/mol. The van der Waals surface area contributed by atoms with Crippen molar-refractivity contribution in [2.45, 2.75) is 12.3 Å². The molecule has 2 aliphatic heterocycles. The van der Waals surface area contributed by atoms with Crippen molar-refractivity contribution in [3.8, 4) is 34.1 Å². The van der Waals surface area contributed by atoms with Crippen LogP contribution in [0.3, 0.4) is 0 Å². The van der Waals surface area contributed by atoms with Crippen LogP contribution in [-0.2, 0) is 4.79 Å². The Hall–Kier alpha value is -4.52. The first-order chi connectivity index (χ1) is 17.0. The molecule has 0 fully saturated rings. The molecule has 7 heteroatoms. The fraction of sp³-hybridized carbons (Fsp3) is 0.143. The van der Waals surface area contributed by atoms with Gasteiger partial charge in [0.25, 0.3) is 0 Å². The summed E-state index contributed by atoms with van der Waals surface area (Å²) in [7, 11) is 1.56. The lowest BCUT2D eigenvalue weighted by atomic mass is 9.83. The van der Waals surface area contributed by atoms with Crippen molar-refractivity contribution in [2.75, 3.05) is 13.7 Å². The first-order valence-electron chi connectivity index (χ1n) is 11.1. The van der Waals surface area contributed by atoms with Crippen LogP contribution in [0.15, 0.2) is 75.6 Å². The predicted molar refractivity (Wildman–Crippen MR) is 129 cm³/mol. The van der Waals surface area contributed by atoms with E-state index in [9.17, 15) is 14.7 Å². The standard InChI is InChI=1S/C28H20O7/c1-32-18-8-6-15(7-9-18)20-14-34-28-25-19(17-10-16-4-2-3-5-22(16)33-13-17)11-24(30)35-23(25)12-21(29)26(28)27(20)31/h2-10,12,14,19,29H,11,13H2,1H3/t19-/m0/s1. The van der Waals surface area contributed by atoms with Gasteiger partial charge in [-0.3, -0.25) is 9.59 Å². The Morgan fingerprint density at radius 3 is 2.63 bits per heavy atom. The number of fused-ring (bicyclic) bond motifs is 4. The Kier molecular flexibility index (Phi) is 4.84. The van der Waals surface area contributed by atoms with Gasteiger partial charge in [0.05, 0.1) is 19.1 Å². The molecule has 0 amide bonds. The summed E-state index contributed by atoms with van der Waals surface area (Å²) in [5.74, 6) is 0.425. The maximum Gasteiger partial charge on any atom is 0.312 e. The molecule has 1 atom stereocenters. The van der Waals surface area contributed by atoms with E-state index in [1.54, 1.807) is 31.4 Å². The van der Waals surface area contributed by atoms with E-state index in [2.05, 4.69) is 0 Å². The highest BCUT2D eigenvalue weighted by Gasteiger charge is 2.35. The quantitative estimate of drug-likeness (QED) is 0.332. The number of para-hydroxylation sites is 1. The van der Waals surface area contributed by atoms with Crippen LogP contribution in [0.5, 0.6) is 23.0 Å². The zero-order valence-corrected chi connectivity index (χ0v) is 18.7. The molecule has 0 aliphatic carbocycles. The molecule has 4 aromatic rings. The second kappa shape index (κ2) is 8.06. The van der Waals surface area contributed by atoms with E-state index in [-0.39, 0.29) is 40.9 Å². The summed E-state index contributed by atoms with van der Waals surface area (Å²) in [6.07, 6.45) is 3.43. The molecular formula is C28H20O7. The summed E-state index contributed by atoms with van der Waals surface area (Å²) in [4.78, 5) is 26.0. The summed E-state index contributed by atoms with van der Waals surface area (Å²) in [6, 6.07) is 15.9. The molecule has 0 unspecified atom stereocenters. The van der Waals surface area contributed by atoms with Crippen molar-refractivity contribution in [2.24, 2.45) is 0 Å². The fourth-order valence-corrected chi connectivity index (χ4v) is 4.75. The molecule has 3 aromatic carbocycles. The van der Waals surface area contributed by atoms with Crippen molar-refractivity contribution in [3.63, 3.8) is 0 Å². The number of benzene rings is 3. The molecule has 3 heterocycles. The predicted octanol–water partition coefficient (Wildman–Crippen LogP) is 5.04. The molecule has 0 saturated carbocycles. The van der Waals surface area contributed by atoms with Crippen LogP contribution in [0.4, 0.5) is 0 Å². The van der Waals surface area contributed by atoms with Gasteiger partial charge in [-0.1, -0.05) is 30.3 Å². The summed E-state index contributed by atoms with van der Waals surface area (Å²) >= 11 is 0. The van der Waals surface area contributed by atoms with Crippen molar-refractivity contribution in [1.29, 1.82) is 0 Å². The Labute approximate surface area is 199 Å². The minimum Gasteiger partial charge on any atom is -0.507 e. The van der Waals surface area contributed by atoms with Gasteiger partial charge in [0.15, 0.2) is 0 Å². The number of phenolic OH excluding ortho intramolecular Hbond substituents is 1. The number of aromatic hydroxyl groups is 1. The van der Waals surface area contributed by atoms with E-state index < -0.39 is 11.9 Å². The average Bonchev–Trinajstić information content (AvgIpc) is 2.88. The SMILES string of the molecule is COc1ccc(-c2coc3c4c(cc(O)c3c2=O)OC(=O)C[C@H]4C2=Cc3ccccc3OC2)cc1. The minimum atomic E-state index is -0.433. The maximum atomic E-state index is 13.5. The highest BCUT2D eigenvalue weighted by Crippen LogP contribution is 2.47. The molecular weight excluding hydrogens is 448 g/mol. The first-order valence-corrected chi connectivity index (χ1v) is 11.1. The molecule has 1 N–H and O–H groups in total. The Bertz CT molecular complexity index is 1580. The van der Waals surface area contributed by atoms with Crippen LogP contribution in [0.2, 0.25) is 0 Å². The normalized spacial score (nSPS) is 16.5. The Morgan fingerprint density at radius 1 is 1.03 bits per heavy atom. The second-order valence-corrected chi connectivity index (χ2v) is 8.50. The molecule has 0 saturated heterocycles.